The Kier molecular flexibility index (Phi) is 7.89. The van der Waals surface area contributed by atoms with Gasteiger partial charge in [0, 0.05) is 6.61 Å². The number of aliphatic hydroxyl groups excluding tert-OH is 2. The van der Waals surface area contributed by atoms with E-state index < -0.39 is 48.6 Å². The largest absolute Gasteiger partial charge is 0.481 e. The van der Waals surface area contributed by atoms with Gasteiger partial charge in [-0.25, -0.2) is 9.59 Å². The first-order valence-electron chi connectivity index (χ1n) is 7.55. The van der Waals surface area contributed by atoms with Gasteiger partial charge in [0.25, 0.3) is 0 Å². The first kappa shape index (κ1) is 21.3. The number of aliphatic hydroxyl groups is 2. The number of urea groups is 1. The van der Waals surface area contributed by atoms with E-state index in [4.69, 9.17) is 25.5 Å². The fourth-order valence-electron chi connectivity index (χ4n) is 1.90. The lowest BCUT2D eigenvalue weighted by Gasteiger charge is -2.19. The number of nitrogens with two attached hydrogens (primary N) is 1. The predicted octanol–water partition coefficient (Wildman–Crippen LogP) is -1.90. The van der Waals surface area contributed by atoms with E-state index in [2.05, 4.69) is 15.5 Å². The van der Waals surface area contributed by atoms with Crippen molar-refractivity contribution < 1.29 is 39.2 Å². The summed E-state index contributed by atoms with van der Waals surface area (Å²) < 4.78 is 5.23. The monoisotopic (exact) mass is 375 g/mol. The minimum Gasteiger partial charge on any atom is -0.481 e. The maximum atomic E-state index is 11.9. The average Bonchev–Trinajstić information content (AvgIpc) is 3.01. The second-order valence-electron chi connectivity index (χ2n) is 5.42. The standard InChI is InChI=1S/C13H21N5O8/c1-5(20)9(12(23)24)16-13(25)15-7(4-8(21)22)11-18-17-10(26-11)6(14)2-3-19/h5-7,9,19-20H,2-4,14H2,1H3,(H,21,22)(H,23,24)(H2,15,16,25)/t5?,6-,7-,9-/m0/s1. The van der Waals surface area contributed by atoms with Gasteiger partial charge < -0.3 is 41.2 Å². The number of aromatic nitrogens is 2. The number of aliphatic carboxylic acids is 2. The Labute approximate surface area is 147 Å². The maximum Gasteiger partial charge on any atom is 0.328 e. The summed E-state index contributed by atoms with van der Waals surface area (Å²) in [6, 6.07) is -4.69. The zero-order valence-corrected chi connectivity index (χ0v) is 13.8. The molecule has 1 aromatic rings. The highest BCUT2D eigenvalue weighted by Gasteiger charge is 2.29. The van der Waals surface area contributed by atoms with Gasteiger partial charge in [-0.05, 0) is 13.3 Å². The molecule has 4 atom stereocenters. The summed E-state index contributed by atoms with van der Waals surface area (Å²) >= 11 is 0. The molecule has 0 aliphatic heterocycles. The zero-order valence-electron chi connectivity index (χ0n) is 13.8. The van der Waals surface area contributed by atoms with Gasteiger partial charge in [0.1, 0.15) is 6.04 Å². The van der Waals surface area contributed by atoms with Crippen molar-refractivity contribution in [2.45, 2.75) is 44.0 Å². The van der Waals surface area contributed by atoms with Gasteiger partial charge in [-0.15, -0.1) is 10.2 Å². The van der Waals surface area contributed by atoms with Gasteiger partial charge in [0.15, 0.2) is 6.04 Å². The second-order valence-corrected chi connectivity index (χ2v) is 5.42. The van der Waals surface area contributed by atoms with Crippen LogP contribution in [0, 0.1) is 0 Å². The minimum absolute atomic E-state index is 0.0564. The molecule has 0 saturated heterocycles. The van der Waals surface area contributed by atoms with E-state index in [0.717, 1.165) is 0 Å². The lowest BCUT2D eigenvalue weighted by molar-refractivity contribution is -0.142. The first-order valence-corrected chi connectivity index (χ1v) is 7.55. The van der Waals surface area contributed by atoms with Crippen LogP contribution in [0.5, 0.6) is 0 Å². The van der Waals surface area contributed by atoms with Gasteiger partial charge in [-0.1, -0.05) is 0 Å². The third kappa shape index (κ3) is 6.27. The molecule has 13 heteroatoms. The molecule has 1 rings (SSSR count). The Bertz CT molecular complexity index is 634. The van der Waals surface area contributed by atoms with Crippen LogP contribution in [0.3, 0.4) is 0 Å². The lowest BCUT2D eigenvalue weighted by atomic mass is 10.2. The van der Waals surface area contributed by atoms with E-state index in [9.17, 15) is 19.5 Å². The van der Waals surface area contributed by atoms with Gasteiger partial charge in [-0.3, -0.25) is 4.79 Å². The molecular weight excluding hydrogens is 354 g/mol. The Morgan fingerprint density at radius 1 is 1.19 bits per heavy atom. The molecule has 0 saturated carbocycles. The molecule has 0 aliphatic rings. The highest BCUT2D eigenvalue weighted by atomic mass is 16.4. The van der Waals surface area contributed by atoms with Crippen molar-refractivity contribution in [1.82, 2.24) is 20.8 Å². The van der Waals surface area contributed by atoms with Crippen LogP contribution in [0.15, 0.2) is 4.42 Å². The van der Waals surface area contributed by atoms with Crippen LogP contribution in [0.4, 0.5) is 4.79 Å². The van der Waals surface area contributed by atoms with Crippen LogP contribution >= 0.6 is 0 Å². The fourth-order valence-corrected chi connectivity index (χ4v) is 1.90. The minimum atomic E-state index is -1.60. The Morgan fingerprint density at radius 3 is 2.31 bits per heavy atom. The van der Waals surface area contributed by atoms with Gasteiger partial charge in [0.2, 0.25) is 11.8 Å². The van der Waals surface area contributed by atoms with Crippen molar-refractivity contribution in [3.8, 4) is 0 Å². The molecule has 0 radical (unpaired) electrons. The summed E-state index contributed by atoms with van der Waals surface area (Å²) in [4.78, 5) is 33.9. The Morgan fingerprint density at radius 2 is 1.81 bits per heavy atom. The number of nitrogens with zero attached hydrogens (tertiary/aromatic N) is 2. The topological polar surface area (TPSA) is 221 Å². The number of amides is 2. The molecule has 0 fully saturated rings. The summed E-state index contributed by atoms with van der Waals surface area (Å²) in [6.45, 7) is 0.939. The second kappa shape index (κ2) is 9.65. The van der Waals surface area contributed by atoms with Crippen molar-refractivity contribution in [3.05, 3.63) is 11.8 Å². The molecule has 2 amide bonds. The molecule has 146 valence electrons. The van der Waals surface area contributed by atoms with Crippen LogP contribution in [-0.4, -0.2) is 67.3 Å². The number of carbonyl (C=O) groups excluding carboxylic acids is 1. The van der Waals surface area contributed by atoms with E-state index in [-0.39, 0.29) is 24.8 Å². The lowest BCUT2D eigenvalue weighted by Crippen LogP contribution is -2.51. The van der Waals surface area contributed by atoms with Crippen LogP contribution in [0.25, 0.3) is 0 Å². The fraction of sp³-hybridized carbons (Fsp3) is 0.615. The number of carboxylic acid groups (broad SMARTS) is 2. The number of rotatable bonds is 10. The van der Waals surface area contributed by atoms with E-state index >= 15 is 0 Å². The molecule has 0 spiro atoms. The average molecular weight is 375 g/mol. The van der Waals surface area contributed by atoms with E-state index in [0.29, 0.717) is 0 Å². The molecule has 0 aromatic carbocycles. The van der Waals surface area contributed by atoms with Crippen molar-refractivity contribution in [2.24, 2.45) is 5.73 Å². The molecule has 13 nitrogen and oxygen atoms in total. The number of carbonyl (C=O) groups is 3. The summed E-state index contributed by atoms with van der Waals surface area (Å²) in [5.41, 5.74) is 5.69. The van der Waals surface area contributed by atoms with E-state index in [1.807, 2.05) is 5.32 Å². The van der Waals surface area contributed by atoms with Crippen LogP contribution < -0.4 is 16.4 Å². The predicted molar refractivity (Wildman–Crippen MR) is 82.7 cm³/mol. The van der Waals surface area contributed by atoms with Crippen LogP contribution in [-0.2, 0) is 9.59 Å². The molecular formula is C13H21N5O8. The van der Waals surface area contributed by atoms with Gasteiger partial charge in [-0.2, -0.15) is 0 Å². The van der Waals surface area contributed by atoms with Crippen molar-refractivity contribution >= 4 is 18.0 Å². The summed E-state index contributed by atoms with van der Waals surface area (Å²) in [6.07, 6.45) is -1.88. The number of carboxylic acids is 2. The maximum absolute atomic E-state index is 11.9. The Balaban J connectivity index is 2.89. The molecule has 0 aliphatic carbocycles. The quantitative estimate of drug-likeness (QED) is 0.239. The normalized spacial score (nSPS) is 15.5. The summed E-state index contributed by atoms with van der Waals surface area (Å²) in [5.74, 6) is -3.08. The zero-order chi connectivity index (χ0) is 19.9. The van der Waals surface area contributed by atoms with Crippen molar-refractivity contribution in [1.29, 1.82) is 0 Å². The van der Waals surface area contributed by atoms with Gasteiger partial charge in [0.05, 0.1) is 18.6 Å². The Hall–Kier alpha value is -2.77. The molecule has 8 N–H and O–H groups in total. The third-order valence-corrected chi connectivity index (χ3v) is 3.23. The molecule has 0 bridgehead atoms. The van der Waals surface area contributed by atoms with Crippen LogP contribution in [0.2, 0.25) is 0 Å². The highest BCUT2D eigenvalue weighted by Crippen LogP contribution is 2.19. The molecule has 1 unspecified atom stereocenters. The number of hydrogen-bond donors (Lipinski definition) is 7. The van der Waals surface area contributed by atoms with Crippen molar-refractivity contribution in [3.63, 3.8) is 0 Å². The van der Waals surface area contributed by atoms with Gasteiger partial charge >= 0.3 is 18.0 Å². The molecule has 26 heavy (non-hydrogen) atoms. The number of nitrogens with one attached hydrogen (secondary N) is 2. The first-order chi connectivity index (χ1) is 12.1. The van der Waals surface area contributed by atoms with E-state index in [1.54, 1.807) is 0 Å². The third-order valence-electron chi connectivity index (χ3n) is 3.23. The smallest absolute Gasteiger partial charge is 0.328 e. The number of hydrogen-bond acceptors (Lipinski definition) is 9. The van der Waals surface area contributed by atoms with E-state index in [1.165, 1.54) is 6.92 Å². The highest BCUT2D eigenvalue weighted by molar-refractivity contribution is 5.83. The molecule has 1 heterocycles. The van der Waals surface area contributed by atoms with Crippen molar-refractivity contribution in [2.75, 3.05) is 6.61 Å². The molecule has 1 aromatic heterocycles. The van der Waals surface area contributed by atoms with Crippen LogP contribution in [0.1, 0.15) is 43.6 Å². The SMILES string of the molecule is CC(O)[C@H](NC(=O)N[C@@H](CC(=O)O)c1nnc([C@@H](N)CCO)o1)C(=O)O. The summed E-state index contributed by atoms with van der Waals surface area (Å²) in [5, 5.41) is 47.5. The summed E-state index contributed by atoms with van der Waals surface area (Å²) in [7, 11) is 0.